The summed E-state index contributed by atoms with van der Waals surface area (Å²) in [6, 6.07) is 9.07. The van der Waals surface area contributed by atoms with E-state index in [9.17, 15) is 19.2 Å². The molecule has 35 heavy (non-hydrogen) atoms. The first-order valence-corrected chi connectivity index (χ1v) is 11.6. The Bertz CT molecular complexity index is 939. The van der Waals surface area contributed by atoms with Crippen LogP contribution in [0.5, 0.6) is 0 Å². The van der Waals surface area contributed by atoms with Gasteiger partial charge in [0.25, 0.3) is 0 Å². The molecule has 0 saturated carbocycles. The molecule has 0 N–H and O–H groups in total. The summed E-state index contributed by atoms with van der Waals surface area (Å²) >= 11 is 1.20. The van der Waals surface area contributed by atoms with Gasteiger partial charge in [0.1, 0.15) is 18.1 Å². The van der Waals surface area contributed by atoms with Crippen LogP contribution in [0.25, 0.3) is 10.4 Å². The third kappa shape index (κ3) is 9.47. The summed E-state index contributed by atoms with van der Waals surface area (Å²) in [5.74, 6) is -2.63. The van der Waals surface area contributed by atoms with Gasteiger partial charge >= 0.3 is 23.9 Å². The number of rotatable bonds is 11. The van der Waals surface area contributed by atoms with Gasteiger partial charge in [0, 0.05) is 43.5 Å². The third-order valence-electron chi connectivity index (χ3n) is 4.61. The minimum absolute atomic E-state index is 0.0693. The van der Waals surface area contributed by atoms with Crippen LogP contribution in [0.2, 0.25) is 0 Å². The van der Waals surface area contributed by atoms with Crippen molar-refractivity contribution in [1.29, 1.82) is 0 Å². The molecular formula is C22H27N3O9S. The molecule has 1 aliphatic heterocycles. The van der Waals surface area contributed by atoms with Crippen LogP contribution in [0.1, 0.15) is 33.6 Å². The number of nitrogens with zero attached hydrogens (tertiary/aromatic N) is 3. The van der Waals surface area contributed by atoms with Crippen LogP contribution in [0.15, 0.2) is 40.3 Å². The van der Waals surface area contributed by atoms with E-state index in [0.717, 1.165) is 11.8 Å². The van der Waals surface area contributed by atoms with Gasteiger partial charge in [-0.15, -0.1) is 0 Å². The molecule has 1 aromatic rings. The van der Waals surface area contributed by atoms with Crippen molar-refractivity contribution in [2.75, 3.05) is 13.2 Å². The predicted molar refractivity (Wildman–Crippen MR) is 122 cm³/mol. The van der Waals surface area contributed by atoms with Crippen molar-refractivity contribution in [1.82, 2.24) is 0 Å². The van der Waals surface area contributed by atoms with Gasteiger partial charge in [-0.05, 0) is 24.1 Å². The molecule has 12 nitrogen and oxygen atoms in total. The lowest BCUT2D eigenvalue weighted by Crippen LogP contribution is -2.61. The average molecular weight is 510 g/mol. The van der Waals surface area contributed by atoms with Crippen LogP contribution < -0.4 is 0 Å². The lowest BCUT2D eigenvalue weighted by molar-refractivity contribution is -0.238. The minimum Gasteiger partial charge on any atom is -0.463 e. The zero-order valence-corrected chi connectivity index (χ0v) is 20.3. The quantitative estimate of drug-likeness (QED) is 0.108. The van der Waals surface area contributed by atoms with Crippen molar-refractivity contribution in [3.05, 3.63) is 40.8 Å². The Hall–Kier alpha value is -3.28. The highest BCUT2D eigenvalue weighted by atomic mass is 32.2. The first kappa shape index (κ1) is 28.0. The van der Waals surface area contributed by atoms with Crippen molar-refractivity contribution in [2.24, 2.45) is 5.11 Å². The fraction of sp³-hybridized carbons (Fsp3) is 0.545. The van der Waals surface area contributed by atoms with E-state index in [2.05, 4.69) is 10.0 Å². The van der Waals surface area contributed by atoms with Crippen LogP contribution in [0.4, 0.5) is 0 Å². The Morgan fingerprint density at radius 1 is 0.971 bits per heavy atom. The van der Waals surface area contributed by atoms with Crippen LogP contribution in [0, 0.1) is 0 Å². The Morgan fingerprint density at radius 2 is 1.63 bits per heavy atom. The van der Waals surface area contributed by atoms with Crippen molar-refractivity contribution < 1.29 is 42.9 Å². The molecule has 13 heteroatoms. The van der Waals surface area contributed by atoms with Gasteiger partial charge in [0.05, 0.1) is 0 Å². The van der Waals surface area contributed by atoms with E-state index in [-0.39, 0.29) is 26.0 Å². The summed E-state index contributed by atoms with van der Waals surface area (Å²) in [5.41, 5.74) is 7.48. The maximum atomic E-state index is 12.6. The van der Waals surface area contributed by atoms with Gasteiger partial charge < -0.3 is 23.7 Å². The normalized spacial score (nSPS) is 23.3. The summed E-state index contributed by atoms with van der Waals surface area (Å²) in [6.45, 7) is 3.35. The maximum absolute atomic E-state index is 12.6. The molecule has 1 aliphatic rings. The number of hydrogen-bond donors (Lipinski definition) is 0. The number of hydrogen-bond acceptors (Lipinski definition) is 11. The van der Waals surface area contributed by atoms with Crippen LogP contribution in [-0.4, -0.2) is 66.9 Å². The van der Waals surface area contributed by atoms with Gasteiger partial charge in [0.15, 0.2) is 18.3 Å². The highest BCUT2D eigenvalue weighted by Gasteiger charge is 2.52. The Labute approximate surface area is 206 Å². The average Bonchev–Trinajstić information content (AvgIpc) is 2.79. The first-order valence-electron chi connectivity index (χ1n) is 10.8. The number of carbonyl (C=O) groups is 4. The molecule has 0 aromatic heterocycles. The van der Waals surface area contributed by atoms with E-state index in [1.54, 1.807) is 0 Å². The van der Waals surface area contributed by atoms with E-state index < -0.39 is 53.7 Å². The van der Waals surface area contributed by atoms with Crippen molar-refractivity contribution >= 4 is 35.6 Å². The summed E-state index contributed by atoms with van der Waals surface area (Å²) in [5, 5.41) is 3.38. The monoisotopic (exact) mass is 509 g/mol. The largest absolute Gasteiger partial charge is 0.463 e. The molecule has 190 valence electrons. The van der Waals surface area contributed by atoms with Gasteiger partial charge in [-0.25, -0.2) is 0 Å². The first-order chi connectivity index (χ1) is 16.7. The van der Waals surface area contributed by atoms with E-state index in [4.69, 9.17) is 29.2 Å². The van der Waals surface area contributed by atoms with Crippen LogP contribution in [-0.2, 0) is 42.9 Å². The molecule has 1 saturated heterocycles. The SMILES string of the molecule is CC(=O)OC[C@H]1O[C@@H](Sc2ccccc2)[C@H](OC(=O)CCCN=[N+]=[N-])[C@@H](OC(C)=O)[C@@H]1OC(C)=O. The molecule has 1 fully saturated rings. The molecule has 1 aromatic carbocycles. The summed E-state index contributed by atoms with van der Waals surface area (Å²) in [6.07, 6.45) is -4.46. The molecule has 0 spiro atoms. The Morgan fingerprint density at radius 3 is 2.23 bits per heavy atom. The zero-order chi connectivity index (χ0) is 25.8. The van der Waals surface area contributed by atoms with Gasteiger partial charge in [-0.3, -0.25) is 19.2 Å². The number of carbonyl (C=O) groups excluding carboxylic acids is 4. The summed E-state index contributed by atoms with van der Waals surface area (Å²) < 4.78 is 27.7. The molecule has 0 unspecified atom stereocenters. The molecule has 1 heterocycles. The van der Waals surface area contributed by atoms with E-state index in [1.165, 1.54) is 25.6 Å². The van der Waals surface area contributed by atoms with Gasteiger partial charge in [-0.1, -0.05) is 35.1 Å². The topological polar surface area (TPSA) is 163 Å². The van der Waals surface area contributed by atoms with Gasteiger partial charge in [-0.2, -0.15) is 0 Å². The second-order valence-electron chi connectivity index (χ2n) is 7.44. The molecule has 2 rings (SSSR count). The molecule has 0 aliphatic carbocycles. The minimum atomic E-state index is -1.24. The summed E-state index contributed by atoms with van der Waals surface area (Å²) in [7, 11) is 0. The molecule has 0 radical (unpaired) electrons. The molecule has 5 atom stereocenters. The lowest BCUT2D eigenvalue weighted by Gasteiger charge is -2.44. The van der Waals surface area contributed by atoms with E-state index in [1.807, 2.05) is 30.3 Å². The second-order valence-corrected chi connectivity index (χ2v) is 8.61. The van der Waals surface area contributed by atoms with Crippen LogP contribution in [0.3, 0.4) is 0 Å². The number of benzene rings is 1. The number of esters is 4. The Kier molecular flexibility index (Phi) is 11.3. The van der Waals surface area contributed by atoms with Gasteiger partial charge in [0.2, 0.25) is 0 Å². The number of thioether (sulfide) groups is 1. The smallest absolute Gasteiger partial charge is 0.306 e. The zero-order valence-electron chi connectivity index (χ0n) is 19.5. The third-order valence-corrected chi connectivity index (χ3v) is 5.77. The second kappa shape index (κ2) is 14.2. The fourth-order valence-corrected chi connectivity index (χ4v) is 4.40. The standard InChI is InChI=1S/C22H27N3O9S/c1-13(26)30-12-17-19(31-14(2)27)20(32-15(3)28)21(34-18(29)10-7-11-24-25-23)22(33-17)35-16-8-5-4-6-9-16/h4-6,8-9,17,19-22H,7,10-12H2,1-3H3/t17-,19-,20+,21-,22+/m1/s1. The molecule has 0 amide bonds. The van der Waals surface area contributed by atoms with Crippen molar-refractivity contribution in [3.8, 4) is 0 Å². The van der Waals surface area contributed by atoms with Crippen molar-refractivity contribution in [3.63, 3.8) is 0 Å². The van der Waals surface area contributed by atoms with E-state index in [0.29, 0.717) is 0 Å². The number of ether oxygens (including phenoxy) is 5. The highest BCUT2D eigenvalue weighted by Crippen LogP contribution is 2.37. The van der Waals surface area contributed by atoms with Crippen LogP contribution >= 0.6 is 11.8 Å². The molecule has 0 bridgehead atoms. The predicted octanol–water partition coefficient (Wildman–Crippen LogP) is 2.93. The highest BCUT2D eigenvalue weighted by molar-refractivity contribution is 7.99. The number of azide groups is 1. The van der Waals surface area contributed by atoms with E-state index >= 15 is 0 Å². The lowest BCUT2D eigenvalue weighted by atomic mass is 9.99. The van der Waals surface area contributed by atoms with Crippen molar-refractivity contribution in [2.45, 2.75) is 68.4 Å². The maximum Gasteiger partial charge on any atom is 0.306 e. The molecular weight excluding hydrogens is 482 g/mol. The Balaban J connectivity index is 2.39. The fourth-order valence-electron chi connectivity index (χ4n) is 3.27. The summed E-state index contributed by atoms with van der Waals surface area (Å²) in [4.78, 5) is 51.2.